The van der Waals surface area contributed by atoms with Crippen molar-refractivity contribution in [2.75, 3.05) is 19.6 Å². The lowest BCUT2D eigenvalue weighted by Crippen LogP contribution is -2.54. The van der Waals surface area contributed by atoms with Crippen LogP contribution in [-0.2, 0) is 11.2 Å². The molecule has 6 nitrogen and oxygen atoms in total. The maximum absolute atomic E-state index is 12.4. The standard InChI is InChI=1S/C24H27N3O3S/c1-24(2,29)22(28)27-15-17-13-18(27)14-26(17)12-11-16-7-9-19(10-8-16)30-23-25-20-5-3-4-6-21(20)31-23/h3-10,17-18,29H,11-15H2,1-2H3/t17-,18-/m0/s1. The number of piperazine rings is 1. The molecule has 2 bridgehead atoms. The van der Waals surface area contributed by atoms with E-state index in [9.17, 15) is 9.90 Å². The zero-order chi connectivity index (χ0) is 21.6. The molecule has 2 aromatic carbocycles. The Morgan fingerprint density at radius 2 is 1.94 bits per heavy atom. The van der Waals surface area contributed by atoms with Gasteiger partial charge in [0.05, 0.1) is 10.2 Å². The summed E-state index contributed by atoms with van der Waals surface area (Å²) in [5, 5.41) is 10.7. The molecule has 162 valence electrons. The minimum Gasteiger partial charge on any atom is -0.431 e. The van der Waals surface area contributed by atoms with E-state index in [0.29, 0.717) is 11.2 Å². The lowest BCUT2D eigenvalue weighted by Gasteiger charge is -2.36. The number of aromatic nitrogens is 1. The molecule has 0 radical (unpaired) electrons. The van der Waals surface area contributed by atoms with Crippen molar-refractivity contribution in [2.24, 2.45) is 0 Å². The van der Waals surface area contributed by atoms with Crippen LogP contribution in [0.1, 0.15) is 25.8 Å². The Bertz CT molecular complexity index is 1060. The van der Waals surface area contributed by atoms with Crippen molar-refractivity contribution >= 4 is 27.5 Å². The number of carbonyl (C=O) groups excluding carboxylic acids is 1. The van der Waals surface area contributed by atoms with Crippen LogP contribution in [-0.4, -0.2) is 63.1 Å². The third-order valence-corrected chi connectivity index (χ3v) is 7.14. The summed E-state index contributed by atoms with van der Waals surface area (Å²) < 4.78 is 7.06. The largest absolute Gasteiger partial charge is 0.431 e. The van der Waals surface area contributed by atoms with Gasteiger partial charge >= 0.3 is 0 Å². The topological polar surface area (TPSA) is 65.9 Å². The monoisotopic (exact) mass is 437 g/mol. The second-order valence-corrected chi connectivity index (χ2v) is 9.99. The molecule has 3 aromatic rings. The number of likely N-dealkylation sites (tertiary alicyclic amines) is 2. The fourth-order valence-corrected chi connectivity index (χ4v) is 5.45. The Kier molecular flexibility index (Phi) is 5.20. The first-order chi connectivity index (χ1) is 14.9. The number of rotatable bonds is 6. The van der Waals surface area contributed by atoms with Crippen LogP contribution in [0.15, 0.2) is 48.5 Å². The van der Waals surface area contributed by atoms with Gasteiger partial charge in [-0.25, -0.2) is 4.98 Å². The van der Waals surface area contributed by atoms with E-state index in [0.717, 1.165) is 48.4 Å². The van der Waals surface area contributed by atoms with Crippen LogP contribution in [0.4, 0.5) is 0 Å². The summed E-state index contributed by atoms with van der Waals surface area (Å²) in [4.78, 5) is 21.3. The minimum absolute atomic E-state index is 0.150. The van der Waals surface area contributed by atoms with Gasteiger partial charge in [-0.05, 0) is 56.5 Å². The molecule has 0 spiro atoms. The van der Waals surface area contributed by atoms with Gasteiger partial charge in [0, 0.05) is 31.7 Å². The number of fused-ring (bicyclic) bond motifs is 3. The highest BCUT2D eigenvalue weighted by Gasteiger charge is 2.47. The summed E-state index contributed by atoms with van der Waals surface area (Å²) >= 11 is 1.55. The van der Waals surface area contributed by atoms with Crippen molar-refractivity contribution < 1.29 is 14.6 Å². The first kappa shape index (κ1) is 20.4. The molecule has 0 unspecified atom stereocenters. The molecule has 2 fully saturated rings. The molecule has 3 heterocycles. The second-order valence-electron chi connectivity index (χ2n) is 9.00. The van der Waals surface area contributed by atoms with Crippen molar-refractivity contribution in [1.29, 1.82) is 0 Å². The van der Waals surface area contributed by atoms with Crippen molar-refractivity contribution in [3.63, 3.8) is 0 Å². The molecule has 1 aromatic heterocycles. The number of benzene rings is 2. The summed E-state index contributed by atoms with van der Waals surface area (Å²) in [5.74, 6) is 0.646. The molecular formula is C24H27N3O3S. The van der Waals surface area contributed by atoms with Crippen LogP contribution in [0.2, 0.25) is 0 Å². The maximum atomic E-state index is 12.4. The smallest absolute Gasteiger partial charge is 0.279 e. The molecule has 31 heavy (non-hydrogen) atoms. The Labute approximate surface area is 186 Å². The van der Waals surface area contributed by atoms with Gasteiger partial charge in [0.1, 0.15) is 11.4 Å². The number of carbonyl (C=O) groups is 1. The number of hydrogen-bond acceptors (Lipinski definition) is 6. The number of amides is 1. The van der Waals surface area contributed by atoms with Crippen LogP contribution in [0.3, 0.4) is 0 Å². The van der Waals surface area contributed by atoms with E-state index in [2.05, 4.69) is 22.0 Å². The highest BCUT2D eigenvalue weighted by Crippen LogP contribution is 2.33. The molecule has 7 heteroatoms. The minimum atomic E-state index is -1.29. The number of ether oxygens (including phenoxy) is 1. The number of nitrogens with zero attached hydrogens (tertiary/aromatic N) is 3. The van der Waals surface area contributed by atoms with Gasteiger partial charge in [-0.3, -0.25) is 9.69 Å². The molecule has 5 rings (SSSR count). The van der Waals surface area contributed by atoms with Gasteiger partial charge in [-0.15, -0.1) is 0 Å². The van der Waals surface area contributed by atoms with E-state index in [-0.39, 0.29) is 11.9 Å². The van der Waals surface area contributed by atoms with Crippen molar-refractivity contribution in [2.45, 2.75) is 44.4 Å². The molecule has 2 atom stereocenters. The second kappa shape index (κ2) is 7.89. The first-order valence-corrected chi connectivity index (χ1v) is 11.6. The Morgan fingerprint density at radius 3 is 2.61 bits per heavy atom. The normalized spacial score (nSPS) is 21.2. The van der Waals surface area contributed by atoms with E-state index in [1.807, 2.05) is 41.3 Å². The predicted octanol–water partition coefficient (Wildman–Crippen LogP) is 3.69. The summed E-state index contributed by atoms with van der Waals surface area (Å²) in [5.41, 5.74) is 0.940. The zero-order valence-electron chi connectivity index (χ0n) is 17.8. The molecule has 0 aliphatic carbocycles. The lowest BCUT2D eigenvalue weighted by atomic mass is 10.1. The highest BCUT2D eigenvalue weighted by molar-refractivity contribution is 7.20. The van der Waals surface area contributed by atoms with Crippen LogP contribution in [0.5, 0.6) is 10.9 Å². The van der Waals surface area contributed by atoms with Crippen molar-refractivity contribution in [3.8, 4) is 10.9 Å². The molecule has 2 saturated heterocycles. The fraction of sp³-hybridized carbons (Fsp3) is 0.417. The van der Waals surface area contributed by atoms with Crippen LogP contribution >= 0.6 is 11.3 Å². The van der Waals surface area contributed by atoms with E-state index in [4.69, 9.17) is 4.74 Å². The van der Waals surface area contributed by atoms with E-state index >= 15 is 0 Å². The predicted molar refractivity (Wildman–Crippen MR) is 122 cm³/mol. The molecular weight excluding hydrogens is 410 g/mol. The third-order valence-electron chi connectivity index (χ3n) is 6.23. The molecule has 2 aliphatic heterocycles. The zero-order valence-corrected chi connectivity index (χ0v) is 18.6. The van der Waals surface area contributed by atoms with Gasteiger partial charge < -0.3 is 14.7 Å². The van der Waals surface area contributed by atoms with Gasteiger partial charge in [-0.1, -0.05) is 35.6 Å². The highest BCUT2D eigenvalue weighted by atomic mass is 32.1. The Hall–Kier alpha value is -2.48. The molecule has 2 aliphatic rings. The third kappa shape index (κ3) is 4.18. The van der Waals surface area contributed by atoms with Crippen LogP contribution in [0, 0.1) is 0 Å². The molecule has 1 amide bonds. The quantitative estimate of drug-likeness (QED) is 0.637. The van der Waals surface area contributed by atoms with Gasteiger partial charge in [-0.2, -0.15) is 0 Å². The summed E-state index contributed by atoms with van der Waals surface area (Å²) in [6.45, 7) is 5.74. The summed E-state index contributed by atoms with van der Waals surface area (Å²) in [6, 6.07) is 16.9. The van der Waals surface area contributed by atoms with E-state index in [1.54, 1.807) is 25.2 Å². The van der Waals surface area contributed by atoms with Crippen LogP contribution < -0.4 is 4.74 Å². The first-order valence-electron chi connectivity index (χ1n) is 10.8. The van der Waals surface area contributed by atoms with E-state index < -0.39 is 5.60 Å². The molecule has 1 N–H and O–H groups in total. The average Bonchev–Trinajstić information content (AvgIpc) is 3.45. The van der Waals surface area contributed by atoms with Crippen molar-refractivity contribution in [1.82, 2.24) is 14.8 Å². The number of hydrogen-bond donors (Lipinski definition) is 1. The number of aliphatic hydroxyl groups is 1. The van der Waals surface area contributed by atoms with Crippen molar-refractivity contribution in [3.05, 3.63) is 54.1 Å². The maximum Gasteiger partial charge on any atom is 0.279 e. The Morgan fingerprint density at radius 1 is 1.16 bits per heavy atom. The summed E-state index contributed by atoms with van der Waals surface area (Å²) in [6.07, 6.45) is 1.97. The van der Waals surface area contributed by atoms with Crippen LogP contribution in [0.25, 0.3) is 10.2 Å². The van der Waals surface area contributed by atoms with Gasteiger partial charge in [0.25, 0.3) is 11.1 Å². The average molecular weight is 438 g/mol. The number of para-hydroxylation sites is 1. The molecule has 0 saturated carbocycles. The van der Waals surface area contributed by atoms with Gasteiger partial charge in [0.2, 0.25) is 0 Å². The van der Waals surface area contributed by atoms with Gasteiger partial charge in [0.15, 0.2) is 0 Å². The SMILES string of the molecule is CC(C)(O)C(=O)N1C[C@@H]2C[C@H]1CN2CCc1ccc(Oc2nc3ccccc3s2)cc1. The number of thiazole rings is 1. The van der Waals surface area contributed by atoms with E-state index in [1.165, 1.54) is 5.56 Å². The Balaban J connectivity index is 1.14. The fourth-order valence-electron chi connectivity index (χ4n) is 4.62. The summed E-state index contributed by atoms with van der Waals surface area (Å²) in [7, 11) is 0. The lowest BCUT2D eigenvalue weighted by molar-refractivity contribution is -0.150.